The van der Waals surface area contributed by atoms with Gasteiger partial charge < -0.3 is 9.64 Å². The smallest absolute Gasteiger partial charge is 0.241 e. The largest absolute Gasteiger partial charge is 0.497 e. The second kappa shape index (κ2) is 5.95. The van der Waals surface area contributed by atoms with Crippen LogP contribution in [0.5, 0.6) is 5.75 Å². The van der Waals surface area contributed by atoms with Crippen LogP contribution in [0.15, 0.2) is 18.2 Å². The zero-order valence-electron chi connectivity index (χ0n) is 11.6. The highest BCUT2D eigenvalue weighted by atomic mass is 79.9. The van der Waals surface area contributed by atoms with E-state index >= 15 is 0 Å². The maximum absolute atomic E-state index is 12.5. The number of amides is 1. The van der Waals surface area contributed by atoms with Gasteiger partial charge in [0, 0.05) is 12.2 Å². The fourth-order valence-corrected chi connectivity index (χ4v) is 2.61. The Kier molecular flexibility index (Phi) is 4.50. The second-order valence-electron chi connectivity index (χ2n) is 5.23. The summed E-state index contributed by atoms with van der Waals surface area (Å²) in [7, 11) is 1.67. The number of carbonyl (C=O) groups is 1. The van der Waals surface area contributed by atoms with Crippen molar-refractivity contribution >= 4 is 27.5 Å². The Hall–Kier alpha value is -1.03. The van der Waals surface area contributed by atoms with Crippen LogP contribution in [0, 0.1) is 5.92 Å². The molecule has 0 aliphatic carbocycles. The number of methoxy groups -OCH3 is 1. The van der Waals surface area contributed by atoms with E-state index in [0.717, 1.165) is 30.8 Å². The topological polar surface area (TPSA) is 29.5 Å². The molecule has 1 aliphatic heterocycles. The van der Waals surface area contributed by atoms with Gasteiger partial charge in [-0.05, 0) is 42.5 Å². The third-order valence-corrected chi connectivity index (χ3v) is 4.94. The van der Waals surface area contributed by atoms with Crippen molar-refractivity contribution in [2.45, 2.75) is 31.5 Å². The Morgan fingerprint density at radius 1 is 1.42 bits per heavy atom. The number of ether oxygens (including phenoxy) is 1. The monoisotopic (exact) mass is 325 g/mol. The van der Waals surface area contributed by atoms with Crippen molar-refractivity contribution in [3.63, 3.8) is 0 Å². The lowest BCUT2D eigenvalue weighted by atomic mass is 10.00. The van der Waals surface area contributed by atoms with Gasteiger partial charge in [0.05, 0.1) is 11.9 Å². The number of halogens is 1. The van der Waals surface area contributed by atoms with Crippen molar-refractivity contribution in [3.05, 3.63) is 23.8 Å². The molecular formula is C15H20BrNO2. The average molecular weight is 326 g/mol. The molecule has 0 bridgehead atoms. The van der Waals surface area contributed by atoms with E-state index < -0.39 is 0 Å². The molecular weight excluding hydrogens is 306 g/mol. The Balaban J connectivity index is 2.29. The van der Waals surface area contributed by atoms with Gasteiger partial charge in [0.25, 0.3) is 0 Å². The van der Waals surface area contributed by atoms with Crippen LogP contribution in [-0.2, 0) is 11.2 Å². The zero-order chi connectivity index (χ0) is 14.0. The highest BCUT2D eigenvalue weighted by molar-refractivity contribution is 9.10. The number of nitrogens with zero attached hydrogens (tertiary/aromatic N) is 1. The second-order valence-corrected chi connectivity index (χ2v) is 6.22. The van der Waals surface area contributed by atoms with E-state index in [1.54, 1.807) is 7.11 Å². The average Bonchev–Trinajstić information content (AvgIpc) is 2.44. The van der Waals surface area contributed by atoms with Crippen LogP contribution in [0.2, 0.25) is 0 Å². The predicted octanol–water partition coefficient (Wildman–Crippen LogP) is 3.39. The molecule has 1 aromatic carbocycles. The molecule has 1 unspecified atom stereocenters. The van der Waals surface area contributed by atoms with Crippen LogP contribution >= 0.6 is 15.9 Å². The number of carbonyl (C=O) groups excluding carboxylic acids is 1. The molecule has 4 heteroatoms. The van der Waals surface area contributed by atoms with Crippen LogP contribution < -0.4 is 9.64 Å². The number of anilines is 1. The molecule has 0 N–H and O–H groups in total. The maximum Gasteiger partial charge on any atom is 0.241 e. The van der Waals surface area contributed by atoms with Crippen LogP contribution in [0.3, 0.4) is 0 Å². The minimum Gasteiger partial charge on any atom is -0.497 e. The number of hydrogen-bond acceptors (Lipinski definition) is 2. The molecule has 0 spiro atoms. The Bertz CT molecular complexity index is 473. The number of hydrogen-bond donors (Lipinski definition) is 0. The van der Waals surface area contributed by atoms with Crippen molar-refractivity contribution < 1.29 is 9.53 Å². The van der Waals surface area contributed by atoms with Crippen LogP contribution in [0.25, 0.3) is 0 Å². The molecule has 2 rings (SSSR count). The number of fused-ring (bicyclic) bond motifs is 1. The summed E-state index contributed by atoms with van der Waals surface area (Å²) in [5, 5.41) is 0. The van der Waals surface area contributed by atoms with Gasteiger partial charge in [-0.25, -0.2) is 0 Å². The fraction of sp³-hybridized carbons (Fsp3) is 0.533. The Morgan fingerprint density at radius 3 is 2.79 bits per heavy atom. The summed E-state index contributed by atoms with van der Waals surface area (Å²) in [6.45, 7) is 4.90. The molecule has 19 heavy (non-hydrogen) atoms. The minimum absolute atomic E-state index is 0.124. The normalized spacial score (nSPS) is 16.2. The van der Waals surface area contributed by atoms with E-state index in [1.807, 2.05) is 23.1 Å². The molecule has 1 atom stereocenters. The van der Waals surface area contributed by atoms with Crippen molar-refractivity contribution in [2.24, 2.45) is 5.92 Å². The number of aryl methyl sites for hydroxylation is 1. The van der Waals surface area contributed by atoms with E-state index in [0.29, 0.717) is 0 Å². The fourth-order valence-electron chi connectivity index (χ4n) is 2.36. The highest BCUT2D eigenvalue weighted by Crippen LogP contribution is 2.32. The summed E-state index contributed by atoms with van der Waals surface area (Å²) < 4.78 is 5.25. The first-order valence-corrected chi connectivity index (χ1v) is 7.58. The number of benzene rings is 1. The van der Waals surface area contributed by atoms with E-state index in [4.69, 9.17) is 4.74 Å². The van der Waals surface area contributed by atoms with Crippen molar-refractivity contribution in [2.75, 3.05) is 18.6 Å². The van der Waals surface area contributed by atoms with Gasteiger partial charge >= 0.3 is 0 Å². The van der Waals surface area contributed by atoms with Gasteiger partial charge in [0.1, 0.15) is 5.75 Å². The van der Waals surface area contributed by atoms with Crippen LogP contribution in [0.4, 0.5) is 5.69 Å². The van der Waals surface area contributed by atoms with Gasteiger partial charge in [-0.3, -0.25) is 4.79 Å². The summed E-state index contributed by atoms with van der Waals surface area (Å²) in [6.07, 6.45) is 2.01. The molecule has 0 radical (unpaired) electrons. The summed E-state index contributed by atoms with van der Waals surface area (Å²) in [6, 6.07) is 5.95. The molecule has 1 aliphatic rings. The third kappa shape index (κ3) is 2.94. The standard InChI is InChI=1S/C15H20BrNO2/c1-10(2)14(16)15(18)17-8-4-5-11-9-12(19-3)6-7-13(11)17/h6-7,9-10,14H,4-5,8H2,1-3H3. The molecule has 0 saturated carbocycles. The first kappa shape index (κ1) is 14.4. The SMILES string of the molecule is COc1ccc2c(c1)CCCN2C(=O)C(Br)C(C)C. The van der Waals surface area contributed by atoms with E-state index in [1.165, 1.54) is 5.56 Å². The van der Waals surface area contributed by atoms with Crippen LogP contribution in [0.1, 0.15) is 25.8 Å². The van der Waals surface area contributed by atoms with Gasteiger partial charge in [0.15, 0.2) is 0 Å². The van der Waals surface area contributed by atoms with Crippen molar-refractivity contribution in [1.29, 1.82) is 0 Å². The number of rotatable bonds is 3. The molecule has 1 heterocycles. The number of alkyl halides is 1. The quantitative estimate of drug-likeness (QED) is 0.797. The summed E-state index contributed by atoms with van der Waals surface area (Å²) in [4.78, 5) is 14.3. The van der Waals surface area contributed by atoms with Crippen molar-refractivity contribution in [1.82, 2.24) is 0 Å². The first-order valence-electron chi connectivity index (χ1n) is 6.67. The van der Waals surface area contributed by atoms with E-state index in [2.05, 4.69) is 29.8 Å². The molecule has 104 valence electrons. The summed E-state index contributed by atoms with van der Waals surface area (Å²) in [5.41, 5.74) is 2.23. The first-order chi connectivity index (χ1) is 9.04. The Labute approximate surface area is 123 Å². The van der Waals surface area contributed by atoms with E-state index in [-0.39, 0.29) is 16.7 Å². The highest BCUT2D eigenvalue weighted by Gasteiger charge is 2.28. The lowest BCUT2D eigenvalue weighted by Gasteiger charge is -2.32. The lowest BCUT2D eigenvalue weighted by Crippen LogP contribution is -2.41. The molecule has 0 saturated heterocycles. The zero-order valence-corrected chi connectivity index (χ0v) is 13.2. The lowest BCUT2D eigenvalue weighted by molar-refractivity contribution is -0.118. The predicted molar refractivity (Wildman–Crippen MR) is 81.2 cm³/mol. The summed E-state index contributed by atoms with van der Waals surface area (Å²) in [5.74, 6) is 1.30. The van der Waals surface area contributed by atoms with Gasteiger partial charge in [-0.15, -0.1) is 0 Å². The summed E-state index contributed by atoms with van der Waals surface area (Å²) >= 11 is 3.51. The van der Waals surface area contributed by atoms with Gasteiger partial charge in [-0.2, -0.15) is 0 Å². The van der Waals surface area contributed by atoms with Gasteiger partial charge in [0.2, 0.25) is 5.91 Å². The molecule has 0 aromatic heterocycles. The molecule has 0 fully saturated rings. The Morgan fingerprint density at radius 2 is 2.16 bits per heavy atom. The minimum atomic E-state index is -0.124. The van der Waals surface area contributed by atoms with Gasteiger partial charge in [-0.1, -0.05) is 29.8 Å². The van der Waals surface area contributed by atoms with E-state index in [9.17, 15) is 4.79 Å². The van der Waals surface area contributed by atoms with Crippen molar-refractivity contribution in [3.8, 4) is 5.75 Å². The molecule has 1 amide bonds. The third-order valence-electron chi connectivity index (χ3n) is 3.49. The van der Waals surface area contributed by atoms with Crippen LogP contribution in [-0.4, -0.2) is 24.4 Å². The molecule has 1 aromatic rings. The molecule has 3 nitrogen and oxygen atoms in total. The maximum atomic E-state index is 12.5.